The Morgan fingerprint density at radius 3 is 2.70 bits per heavy atom. The number of carbonyl (C=O) groups is 1. The van der Waals surface area contributed by atoms with Crippen molar-refractivity contribution in [2.75, 3.05) is 11.2 Å². The topological polar surface area (TPSA) is 71.8 Å². The van der Waals surface area contributed by atoms with E-state index in [0.717, 1.165) is 11.3 Å². The molecule has 2 N–H and O–H groups in total. The van der Waals surface area contributed by atoms with E-state index in [1.807, 2.05) is 6.92 Å². The van der Waals surface area contributed by atoms with Gasteiger partial charge >= 0.3 is 0 Å². The Morgan fingerprint density at radius 2 is 2.04 bits per heavy atom. The van der Waals surface area contributed by atoms with E-state index >= 15 is 0 Å². The highest BCUT2D eigenvalue weighted by Crippen LogP contribution is 2.14. The molecule has 2 rings (SSSR count). The molecule has 0 aliphatic rings. The van der Waals surface area contributed by atoms with E-state index in [0.29, 0.717) is 16.0 Å². The third kappa shape index (κ3) is 5.19. The maximum Gasteiger partial charge on any atom is 0.230 e. The summed E-state index contributed by atoms with van der Waals surface area (Å²) >= 11 is 12.5. The van der Waals surface area contributed by atoms with Crippen LogP contribution in [0.15, 0.2) is 29.4 Å². The molecule has 1 aromatic heterocycles. The number of aryl methyl sites for hydroxylation is 1. The Labute approximate surface area is 149 Å². The summed E-state index contributed by atoms with van der Waals surface area (Å²) in [5, 5.41) is 12.2. The van der Waals surface area contributed by atoms with Crippen LogP contribution < -0.4 is 10.7 Å². The lowest BCUT2D eigenvalue weighted by Gasteiger charge is -2.12. The molecule has 6 nitrogen and oxygen atoms in total. The van der Waals surface area contributed by atoms with Crippen LogP contribution in [0.25, 0.3) is 0 Å². The van der Waals surface area contributed by atoms with Crippen LogP contribution >= 0.6 is 35.6 Å². The van der Waals surface area contributed by atoms with Gasteiger partial charge in [-0.25, -0.2) is 4.68 Å². The second-order valence-corrected chi connectivity index (χ2v) is 6.67. The van der Waals surface area contributed by atoms with Crippen LogP contribution in [0.1, 0.15) is 18.3 Å². The normalized spacial score (nSPS) is 10.4. The molecule has 0 atom stereocenters. The average Bonchev–Trinajstić information content (AvgIpc) is 2.83. The van der Waals surface area contributed by atoms with E-state index in [2.05, 4.69) is 20.9 Å². The first-order valence-electron chi connectivity index (χ1n) is 6.89. The molecule has 0 saturated heterocycles. The van der Waals surface area contributed by atoms with Gasteiger partial charge in [-0.15, -0.1) is 10.2 Å². The molecule has 122 valence electrons. The Kier molecular flexibility index (Phi) is 6.37. The molecule has 23 heavy (non-hydrogen) atoms. The van der Waals surface area contributed by atoms with Crippen molar-refractivity contribution in [1.29, 1.82) is 0 Å². The molecular weight excluding hydrogens is 354 g/mol. The smallest absolute Gasteiger partial charge is 0.230 e. The third-order valence-corrected chi connectivity index (χ3v) is 4.07. The zero-order valence-electron chi connectivity index (χ0n) is 12.7. The molecule has 1 heterocycles. The number of nitrogens with zero attached hydrogens (tertiary/aromatic N) is 3. The van der Waals surface area contributed by atoms with Crippen molar-refractivity contribution in [3.05, 3.63) is 40.7 Å². The zero-order chi connectivity index (χ0) is 16.8. The van der Waals surface area contributed by atoms with Crippen molar-refractivity contribution < 1.29 is 4.79 Å². The molecule has 9 heteroatoms. The number of halogens is 1. The number of aromatic nitrogens is 3. The van der Waals surface area contributed by atoms with Gasteiger partial charge < -0.3 is 5.32 Å². The number of thiocarbonyl (C=S) groups is 1. The fourth-order valence-corrected chi connectivity index (χ4v) is 2.78. The molecule has 0 bridgehead atoms. The molecule has 2 aromatic rings. The lowest BCUT2D eigenvalue weighted by atomic mass is 10.1. The van der Waals surface area contributed by atoms with E-state index in [1.165, 1.54) is 11.8 Å². The van der Waals surface area contributed by atoms with Gasteiger partial charge in [0, 0.05) is 5.02 Å². The summed E-state index contributed by atoms with van der Waals surface area (Å²) in [6.45, 7) is 3.82. The number of hydrogen-bond donors (Lipinski definition) is 2. The minimum absolute atomic E-state index is 0.199. The molecule has 1 amide bonds. The summed E-state index contributed by atoms with van der Waals surface area (Å²) in [4.78, 5) is 12.0. The van der Waals surface area contributed by atoms with Crippen molar-refractivity contribution in [2.24, 2.45) is 0 Å². The number of amides is 1. The minimum Gasteiger partial charge on any atom is -0.302 e. The maximum absolute atomic E-state index is 12.0. The quantitative estimate of drug-likeness (QED) is 0.623. The number of benzene rings is 1. The number of thioether (sulfide) groups is 1. The highest BCUT2D eigenvalue weighted by molar-refractivity contribution is 7.99. The van der Waals surface area contributed by atoms with Gasteiger partial charge in [0.25, 0.3) is 0 Å². The van der Waals surface area contributed by atoms with E-state index in [4.69, 9.17) is 23.8 Å². The van der Waals surface area contributed by atoms with Crippen molar-refractivity contribution in [1.82, 2.24) is 20.2 Å². The van der Waals surface area contributed by atoms with Gasteiger partial charge in [0.15, 0.2) is 5.11 Å². The van der Waals surface area contributed by atoms with Gasteiger partial charge in [-0.2, -0.15) is 0 Å². The highest BCUT2D eigenvalue weighted by Gasteiger charge is 2.11. The van der Waals surface area contributed by atoms with Crippen molar-refractivity contribution in [2.45, 2.75) is 25.4 Å². The van der Waals surface area contributed by atoms with Crippen LogP contribution in [-0.4, -0.2) is 31.6 Å². The molecule has 1 aromatic carbocycles. The largest absolute Gasteiger partial charge is 0.302 e. The second-order valence-electron chi connectivity index (χ2n) is 4.59. The Hall–Kier alpha value is -1.64. The van der Waals surface area contributed by atoms with Gasteiger partial charge in [0.1, 0.15) is 5.82 Å². The molecule has 0 unspecified atom stereocenters. The fraction of sp³-hybridized carbons (Fsp3) is 0.286. The van der Waals surface area contributed by atoms with Crippen LogP contribution in [0, 0.1) is 6.92 Å². The summed E-state index contributed by atoms with van der Waals surface area (Å²) in [6, 6.07) is 7.10. The maximum atomic E-state index is 12.0. The van der Waals surface area contributed by atoms with Gasteiger partial charge in [0.2, 0.25) is 11.1 Å². The first-order valence-corrected chi connectivity index (χ1v) is 8.67. The van der Waals surface area contributed by atoms with E-state index in [-0.39, 0.29) is 17.4 Å². The zero-order valence-corrected chi connectivity index (χ0v) is 15.1. The first-order chi connectivity index (χ1) is 11.0. The van der Waals surface area contributed by atoms with Gasteiger partial charge in [-0.3, -0.25) is 10.2 Å². The predicted octanol–water partition coefficient (Wildman–Crippen LogP) is 2.54. The van der Waals surface area contributed by atoms with E-state index < -0.39 is 0 Å². The third-order valence-electron chi connectivity index (χ3n) is 2.81. The number of rotatable bonds is 5. The number of nitrogens with one attached hydrogen (secondary N) is 2. The van der Waals surface area contributed by atoms with E-state index in [1.54, 1.807) is 35.9 Å². The van der Waals surface area contributed by atoms with Gasteiger partial charge in [0.05, 0.1) is 6.42 Å². The van der Waals surface area contributed by atoms with Crippen LogP contribution in [0.5, 0.6) is 0 Å². The van der Waals surface area contributed by atoms with E-state index in [9.17, 15) is 4.79 Å². The van der Waals surface area contributed by atoms with Crippen LogP contribution in [-0.2, 0) is 11.2 Å². The predicted molar refractivity (Wildman–Crippen MR) is 96.4 cm³/mol. The summed E-state index contributed by atoms with van der Waals surface area (Å²) < 4.78 is 1.65. The van der Waals surface area contributed by atoms with Gasteiger partial charge in [-0.1, -0.05) is 42.4 Å². The average molecular weight is 370 g/mol. The SMILES string of the molecule is CCSc1nnc(C)n1NC(=S)NC(=O)Cc1ccc(Cl)cc1. The summed E-state index contributed by atoms with van der Waals surface area (Å²) in [5.74, 6) is 1.31. The molecule has 0 aliphatic carbocycles. The summed E-state index contributed by atoms with van der Waals surface area (Å²) in [6.07, 6.45) is 0.219. The van der Waals surface area contributed by atoms with Crippen molar-refractivity contribution in [3.8, 4) is 0 Å². The van der Waals surface area contributed by atoms with Gasteiger partial charge in [-0.05, 0) is 42.6 Å². The second kappa shape index (κ2) is 8.28. The minimum atomic E-state index is -0.208. The molecule has 0 radical (unpaired) electrons. The summed E-state index contributed by atoms with van der Waals surface area (Å²) in [7, 11) is 0. The molecule has 0 fully saturated rings. The Balaban J connectivity index is 1.93. The molecule has 0 saturated carbocycles. The Morgan fingerprint density at radius 1 is 1.35 bits per heavy atom. The van der Waals surface area contributed by atoms with Crippen LogP contribution in [0.2, 0.25) is 5.02 Å². The molecule has 0 spiro atoms. The monoisotopic (exact) mass is 369 g/mol. The van der Waals surface area contributed by atoms with Crippen molar-refractivity contribution in [3.63, 3.8) is 0 Å². The standard InChI is InChI=1S/C14H16ClN5OS2/c1-3-23-14-18-17-9(2)20(14)19-13(22)16-12(21)8-10-4-6-11(15)7-5-10/h4-7H,3,8H2,1-2H3,(H2,16,19,21,22). The lowest BCUT2D eigenvalue weighted by molar-refractivity contribution is -0.119. The lowest BCUT2D eigenvalue weighted by Crippen LogP contribution is -2.39. The molecular formula is C14H16ClN5OS2. The van der Waals surface area contributed by atoms with Crippen LogP contribution in [0.3, 0.4) is 0 Å². The highest BCUT2D eigenvalue weighted by atomic mass is 35.5. The number of hydrogen-bond acceptors (Lipinski definition) is 5. The number of carbonyl (C=O) groups excluding carboxylic acids is 1. The van der Waals surface area contributed by atoms with Crippen LogP contribution in [0.4, 0.5) is 0 Å². The van der Waals surface area contributed by atoms with Crippen molar-refractivity contribution >= 4 is 46.6 Å². The first kappa shape index (κ1) is 17.7. The summed E-state index contributed by atoms with van der Waals surface area (Å²) in [5.41, 5.74) is 3.78. The fourth-order valence-electron chi connectivity index (χ4n) is 1.78. The molecule has 0 aliphatic heterocycles. The Bertz CT molecular complexity index is 702.